The maximum Gasteiger partial charge on any atom is 0.343 e. The molecule has 8 heteroatoms. The van der Waals surface area contributed by atoms with Crippen LogP contribution in [0.5, 0.6) is 0 Å². The van der Waals surface area contributed by atoms with E-state index in [1.807, 2.05) is 24.3 Å². The first-order valence-electron chi connectivity index (χ1n) is 6.64. The second-order valence-corrected chi connectivity index (χ2v) is 4.54. The molecule has 1 aromatic carbocycles. The molecule has 22 heavy (non-hydrogen) atoms. The molecule has 2 amide bonds. The monoisotopic (exact) mass is 297 g/mol. The van der Waals surface area contributed by atoms with Gasteiger partial charge in [0.2, 0.25) is 5.96 Å². The van der Waals surface area contributed by atoms with Gasteiger partial charge < -0.3 is 16.4 Å². The molecule has 1 aliphatic heterocycles. The number of carbonyl (C=O) groups excluding carboxylic acids is 1. The number of pyridine rings is 1. The Morgan fingerprint density at radius 1 is 1.18 bits per heavy atom. The second kappa shape index (κ2) is 6.10. The van der Waals surface area contributed by atoms with Crippen molar-refractivity contribution in [2.45, 2.75) is 6.29 Å². The molecular formula is C14H15N7O. The highest BCUT2D eigenvalue weighted by atomic mass is 16.2. The van der Waals surface area contributed by atoms with Crippen LogP contribution in [-0.4, -0.2) is 28.3 Å². The van der Waals surface area contributed by atoms with Gasteiger partial charge in [0.1, 0.15) is 0 Å². The number of aromatic nitrogens is 1. The Labute approximate surface area is 127 Å². The van der Waals surface area contributed by atoms with Crippen molar-refractivity contribution >= 4 is 23.4 Å². The van der Waals surface area contributed by atoms with Crippen LogP contribution in [0.4, 0.5) is 16.2 Å². The summed E-state index contributed by atoms with van der Waals surface area (Å²) in [6.45, 7) is 0. The lowest BCUT2D eigenvalue weighted by atomic mass is 10.3. The Hall–Kier alpha value is -3.13. The molecule has 0 radical (unpaired) electrons. The van der Waals surface area contributed by atoms with E-state index in [0.29, 0.717) is 5.69 Å². The van der Waals surface area contributed by atoms with Crippen molar-refractivity contribution in [3.63, 3.8) is 0 Å². The topological polar surface area (TPSA) is 108 Å². The number of amides is 2. The molecule has 8 nitrogen and oxygen atoms in total. The fraction of sp³-hybridized carbons (Fsp3) is 0.0714. The lowest BCUT2D eigenvalue weighted by molar-refractivity contribution is 0.220. The number of hydrogen-bond acceptors (Lipinski definition) is 6. The van der Waals surface area contributed by atoms with Crippen LogP contribution in [0.3, 0.4) is 0 Å². The number of rotatable bonds is 3. The van der Waals surface area contributed by atoms with E-state index in [-0.39, 0.29) is 5.96 Å². The predicted molar refractivity (Wildman–Crippen MR) is 83.7 cm³/mol. The standard InChI is InChI=1S/C14H15N7O/c15-12-19-13(17-11-7-4-8-16-9-11)20-21(12)14(22)18-10-5-2-1-3-6-10/h1-9,13,17,20H,(H2,15,19)(H,18,22). The molecule has 0 aliphatic carbocycles. The van der Waals surface area contributed by atoms with Crippen molar-refractivity contribution in [3.05, 3.63) is 54.9 Å². The van der Waals surface area contributed by atoms with E-state index in [1.165, 1.54) is 0 Å². The average Bonchev–Trinajstić information content (AvgIpc) is 2.90. The average molecular weight is 297 g/mol. The molecule has 1 unspecified atom stereocenters. The summed E-state index contributed by atoms with van der Waals surface area (Å²) in [5.74, 6) is 0.0785. The summed E-state index contributed by atoms with van der Waals surface area (Å²) in [6, 6.07) is 12.3. The molecule has 2 heterocycles. The molecule has 0 saturated heterocycles. The zero-order valence-electron chi connectivity index (χ0n) is 11.6. The molecule has 1 atom stereocenters. The normalized spacial score (nSPS) is 17.0. The molecule has 3 rings (SSSR count). The Bertz CT molecular complexity index is 674. The second-order valence-electron chi connectivity index (χ2n) is 4.54. The Kier molecular flexibility index (Phi) is 3.84. The largest absolute Gasteiger partial charge is 0.368 e. The van der Waals surface area contributed by atoms with E-state index in [9.17, 15) is 4.79 Å². The quantitative estimate of drug-likeness (QED) is 0.679. The molecule has 112 valence electrons. The number of anilines is 2. The van der Waals surface area contributed by atoms with Crippen LogP contribution in [0.1, 0.15) is 0 Å². The van der Waals surface area contributed by atoms with Gasteiger partial charge in [-0.25, -0.2) is 9.79 Å². The van der Waals surface area contributed by atoms with Crippen LogP contribution >= 0.6 is 0 Å². The van der Waals surface area contributed by atoms with Gasteiger partial charge in [-0.15, -0.1) is 0 Å². The van der Waals surface area contributed by atoms with Gasteiger partial charge in [0.05, 0.1) is 11.9 Å². The number of nitrogens with two attached hydrogens (primary N) is 1. The van der Waals surface area contributed by atoms with Gasteiger partial charge in [-0.05, 0) is 24.3 Å². The fourth-order valence-electron chi connectivity index (χ4n) is 1.94. The summed E-state index contributed by atoms with van der Waals surface area (Å²) in [7, 11) is 0. The van der Waals surface area contributed by atoms with Gasteiger partial charge in [0.15, 0.2) is 6.29 Å². The van der Waals surface area contributed by atoms with E-state index in [4.69, 9.17) is 5.73 Å². The van der Waals surface area contributed by atoms with Gasteiger partial charge >= 0.3 is 6.03 Å². The molecule has 0 bridgehead atoms. The van der Waals surface area contributed by atoms with Crippen molar-refractivity contribution in [3.8, 4) is 0 Å². The molecule has 1 aliphatic rings. The van der Waals surface area contributed by atoms with Crippen LogP contribution in [0, 0.1) is 0 Å². The SMILES string of the molecule is NC1=NC(Nc2cccnc2)NN1C(=O)Nc1ccccc1. The van der Waals surface area contributed by atoms with Crippen molar-refractivity contribution in [1.29, 1.82) is 0 Å². The number of nitrogens with one attached hydrogen (secondary N) is 3. The minimum absolute atomic E-state index is 0.0785. The smallest absolute Gasteiger partial charge is 0.343 e. The van der Waals surface area contributed by atoms with Crippen LogP contribution in [-0.2, 0) is 0 Å². The predicted octanol–water partition coefficient (Wildman–Crippen LogP) is 1.14. The first kappa shape index (κ1) is 13.8. The molecular weight excluding hydrogens is 282 g/mol. The van der Waals surface area contributed by atoms with Crippen molar-refractivity contribution < 1.29 is 4.79 Å². The van der Waals surface area contributed by atoms with Crippen LogP contribution < -0.4 is 21.8 Å². The number of benzene rings is 1. The summed E-state index contributed by atoms with van der Waals surface area (Å²) in [6.07, 6.45) is 2.79. The molecule has 2 aromatic rings. The number of aliphatic imine (C=N–C) groups is 1. The molecule has 0 fully saturated rings. The number of para-hydroxylation sites is 1. The third kappa shape index (κ3) is 3.13. The van der Waals surface area contributed by atoms with Gasteiger partial charge in [0, 0.05) is 11.9 Å². The minimum Gasteiger partial charge on any atom is -0.368 e. The van der Waals surface area contributed by atoms with Gasteiger partial charge in [-0.3, -0.25) is 4.98 Å². The van der Waals surface area contributed by atoms with Crippen LogP contribution in [0.2, 0.25) is 0 Å². The summed E-state index contributed by atoms with van der Waals surface area (Å²) in [4.78, 5) is 20.3. The lowest BCUT2D eigenvalue weighted by Crippen LogP contribution is -2.50. The first-order chi connectivity index (χ1) is 10.7. The third-order valence-corrected chi connectivity index (χ3v) is 2.93. The highest BCUT2D eigenvalue weighted by Crippen LogP contribution is 2.10. The maximum atomic E-state index is 12.2. The van der Waals surface area contributed by atoms with Crippen LogP contribution in [0.25, 0.3) is 0 Å². The molecule has 0 spiro atoms. The fourth-order valence-corrected chi connectivity index (χ4v) is 1.94. The first-order valence-corrected chi connectivity index (χ1v) is 6.64. The summed E-state index contributed by atoms with van der Waals surface area (Å²) in [5, 5.41) is 6.93. The maximum absolute atomic E-state index is 12.2. The van der Waals surface area contributed by atoms with E-state index in [0.717, 1.165) is 10.7 Å². The number of guanidine groups is 1. The third-order valence-electron chi connectivity index (χ3n) is 2.93. The number of carbonyl (C=O) groups is 1. The van der Waals surface area contributed by atoms with Crippen molar-refractivity contribution in [2.75, 3.05) is 10.6 Å². The molecule has 5 N–H and O–H groups in total. The van der Waals surface area contributed by atoms with E-state index >= 15 is 0 Å². The van der Waals surface area contributed by atoms with Gasteiger partial charge in [-0.1, -0.05) is 18.2 Å². The minimum atomic E-state index is -0.536. The van der Waals surface area contributed by atoms with Gasteiger partial charge in [-0.2, -0.15) is 10.4 Å². The van der Waals surface area contributed by atoms with Gasteiger partial charge in [0.25, 0.3) is 0 Å². The Balaban J connectivity index is 1.62. The summed E-state index contributed by atoms with van der Waals surface area (Å²) in [5.41, 5.74) is 10.1. The lowest BCUT2D eigenvalue weighted by Gasteiger charge is -2.19. The molecule has 0 saturated carbocycles. The highest BCUT2D eigenvalue weighted by Gasteiger charge is 2.27. The zero-order chi connectivity index (χ0) is 15.4. The van der Waals surface area contributed by atoms with E-state index in [2.05, 4.69) is 26.0 Å². The van der Waals surface area contributed by atoms with E-state index < -0.39 is 12.3 Å². The number of nitrogens with zero attached hydrogens (tertiary/aromatic N) is 3. The van der Waals surface area contributed by atoms with Crippen molar-refractivity contribution in [2.24, 2.45) is 10.7 Å². The van der Waals surface area contributed by atoms with Crippen LogP contribution in [0.15, 0.2) is 59.9 Å². The number of urea groups is 1. The number of hydrazine groups is 1. The highest BCUT2D eigenvalue weighted by molar-refractivity contribution is 6.02. The molecule has 1 aromatic heterocycles. The van der Waals surface area contributed by atoms with E-state index in [1.54, 1.807) is 30.6 Å². The van der Waals surface area contributed by atoms with Crippen molar-refractivity contribution in [1.82, 2.24) is 15.4 Å². The summed E-state index contributed by atoms with van der Waals surface area (Å²) < 4.78 is 0. The summed E-state index contributed by atoms with van der Waals surface area (Å²) >= 11 is 0. The Morgan fingerprint density at radius 2 is 1.95 bits per heavy atom. The zero-order valence-corrected chi connectivity index (χ0v) is 11.6. The Morgan fingerprint density at radius 3 is 2.68 bits per heavy atom. The number of hydrogen-bond donors (Lipinski definition) is 4.